The minimum Gasteiger partial charge on any atom is -0.458 e. The maximum atomic E-state index is 13.5. The average Bonchev–Trinajstić information content (AvgIpc) is 3.09. The van der Waals surface area contributed by atoms with E-state index in [1.54, 1.807) is 19.2 Å². The number of ether oxygens (including phenoxy) is 2. The summed E-state index contributed by atoms with van der Waals surface area (Å²) in [4.78, 5) is 11.4. The van der Waals surface area contributed by atoms with Crippen LogP contribution in [0.4, 0.5) is 4.39 Å². The molecular weight excluding hydrogens is 433 g/mol. The quantitative estimate of drug-likeness (QED) is 0.335. The van der Waals surface area contributed by atoms with Gasteiger partial charge in [-0.1, -0.05) is 56.4 Å². The largest absolute Gasteiger partial charge is 0.458 e. The van der Waals surface area contributed by atoms with Gasteiger partial charge in [0.1, 0.15) is 11.9 Å². The summed E-state index contributed by atoms with van der Waals surface area (Å²) in [5.41, 5.74) is 3.90. The van der Waals surface area contributed by atoms with Gasteiger partial charge >= 0.3 is 5.97 Å². The number of benzene rings is 1. The Balaban J connectivity index is 0.00000258. The molecule has 0 aliphatic heterocycles. The normalized spacial score (nSPS) is 13.9. The molecule has 0 heterocycles. The van der Waals surface area contributed by atoms with Gasteiger partial charge in [0.05, 0.1) is 6.61 Å². The number of carbonyl (C=O) groups is 1. The Morgan fingerprint density at radius 1 is 1.24 bits per heavy atom. The molecule has 0 fully saturated rings. The van der Waals surface area contributed by atoms with Crippen molar-refractivity contribution in [1.82, 2.24) is 5.32 Å². The van der Waals surface area contributed by atoms with Crippen LogP contribution < -0.4 is 5.32 Å². The molecule has 6 heteroatoms. The smallest absolute Gasteiger partial charge is 0.303 e. The number of rotatable bonds is 10. The van der Waals surface area contributed by atoms with Crippen LogP contribution in [-0.4, -0.2) is 44.6 Å². The van der Waals surface area contributed by atoms with E-state index >= 15 is 0 Å². The molecule has 1 unspecified atom stereocenters. The minimum atomic E-state index is -0.373. The highest BCUT2D eigenvalue weighted by Gasteiger charge is 2.13. The number of halogens is 1. The molecule has 1 aromatic carbocycles. The fourth-order valence-corrected chi connectivity index (χ4v) is 3.12. The van der Waals surface area contributed by atoms with Gasteiger partial charge in [0.15, 0.2) is 0 Å². The first-order valence-corrected chi connectivity index (χ1v) is 11.6. The molecule has 1 aromatic rings. The number of carbonyl (C=O) groups excluding carboxylic acids is 1. The molecule has 0 bridgehead atoms. The highest BCUT2D eigenvalue weighted by Crippen LogP contribution is 2.30. The van der Waals surface area contributed by atoms with Crippen LogP contribution >= 0.6 is 0 Å². The summed E-state index contributed by atoms with van der Waals surface area (Å²) < 4.78 is 24.0. The number of hydrogen-bond acceptors (Lipinski definition) is 5. The number of hydrogen-bond donors (Lipinski definition) is 2. The van der Waals surface area contributed by atoms with Crippen LogP contribution in [0.25, 0.3) is 5.57 Å². The predicted molar refractivity (Wildman–Crippen MR) is 139 cm³/mol. The summed E-state index contributed by atoms with van der Waals surface area (Å²) in [7, 11) is 2.61. The second-order valence-corrected chi connectivity index (χ2v) is 6.79. The number of aliphatic hydroxyl groups is 1. The van der Waals surface area contributed by atoms with E-state index in [1.165, 1.54) is 19.1 Å². The van der Waals surface area contributed by atoms with Gasteiger partial charge in [0, 0.05) is 45.4 Å². The van der Waals surface area contributed by atoms with Gasteiger partial charge in [-0.25, -0.2) is 4.39 Å². The molecular formula is C28H40FNO4. The maximum Gasteiger partial charge on any atom is 0.303 e. The second-order valence-electron chi connectivity index (χ2n) is 6.79. The highest BCUT2D eigenvalue weighted by molar-refractivity contribution is 5.84. The van der Waals surface area contributed by atoms with E-state index in [1.807, 2.05) is 51.2 Å². The van der Waals surface area contributed by atoms with Crippen molar-refractivity contribution in [3.8, 4) is 0 Å². The van der Waals surface area contributed by atoms with E-state index < -0.39 is 0 Å². The molecule has 2 N–H and O–H groups in total. The topological polar surface area (TPSA) is 67.8 Å². The molecule has 1 atom stereocenters. The number of nitrogens with one attached hydrogen (secondary N) is 1. The van der Waals surface area contributed by atoms with Gasteiger partial charge < -0.3 is 19.9 Å². The number of methoxy groups -OCH3 is 1. The van der Waals surface area contributed by atoms with Crippen molar-refractivity contribution in [2.45, 2.75) is 46.6 Å². The zero-order valence-corrected chi connectivity index (χ0v) is 21.3. The van der Waals surface area contributed by atoms with E-state index in [0.29, 0.717) is 13.0 Å². The third-order valence-electron chi connectivity index (χ3n) is 4.47. The third-order valence-corrected chi connectivity index (χ3v) is 4.47. The predicted octanol–water partition coefficient (Wildman–Crippen LogP) is 5.75. The Labute approximate surface area is 204 Å². The fourth-order valence-electron chi connectivity index (χ4n) is 3.12. The molecule has 5 nitrogen and oxygen atoms in total. The Morgan fingerprint density at radius 2 is 1.91 bits per heavy atom. The van der Waals surface area contributed by atoms with Gasteiger partial charge in [0.25, 0.3) is 0 Å². The first kappa shape index (κ1) is 31.0. The van der Waals surface area contributed by atoms with E-state index in [-0.39, 0.29) is 17.9 Å². The Bertz CT molecular complexity index is 852. The van der Waals surface area contributed by atoms with Crippen molar-refractivity contribution >= 4 is 11.5 Å². The first-order chi connectivity index (χ1) is 16.5. The van der Waals surface area contributed by atoms with Crippen molar-refractivity contribution in [2.24, 2.45) is 0 Å². The fraction of sp³-hybridized carbons (Fsp3) is 0.393. The molecule has 188 valence electrons. The van der Waals surface area contributed by atoms with E-state index in [4.69, 9.17) is 14.6 Å². The van der Waals surface area contributed by atoms with Gasteiger partial charge in [-0.2, -0.15) is 0 Å². The van der Waals surface area contributed by atoms with Crippen LogP contribution in [0.2, 0.25) is 0 Å². The number of likely N-dealkylation sites (N-methyl/N-ethyl adjacent to an activating group) is 1. The number of esters is 1. The molecule has 1 aliphatic carbocycles. The Kier molecular flexibility index (Phi) is 17.8. The van der Waals surface area contributed by atoms with Crippen molar-refractivity contribution < 1.29 is 23.8 Å². The van der Waals surface area contributed by atoms with Crippen LogP contribution in [0.1, 0.15) is 46.1 Å². The molecule has 0 saturated heterocycles. The van der Waals surface area contributed by atoms with Crippen LogP contribution in [0.15, 0.2) is 78.1 Å². The second kappa shape index (κ2) is 19.5. The molecule has 0 spiro atoms. The van der Waals surface area contributed by atoms with Gasteiger partial charge in [-0.05, 0) is 48.8 Å². The van der Waals surface area contributed by atoms with Crippen molar-refractivity contribution in [1.29, 1.82) is 0 Å². The molecule has 0 radical (unpaired) electrons. The molecule has 0 saturated carbocycles. The monoisotopic (exact) mass is 473 g/mol. The number of allylic oxidation sites excluding steroid dienone is 7. The van der Waals surface area contributed by atoms with E-state index in [9.17, 15) is 9.18 Å². The molecule has 0 amide bonds. The van der Waals surface area contributed by atoms with Gasteiger partial charge in [0.2, 0.25) is 0 Å². The zero-order chi connectivity index (χ0) is 25.8. The zero-order valence-electron chi connectivity index (χ0n) is 21.3. The van der Waals surface area contributed by atoms with Crippen LogP contribution in [0, 0.1) is 5.82 Å². The number of aliphatic hydroxyl groups excluding tert-OH is 1. The molecule has 0 aromatic heterocycles. The van der Waals surface area contributed by atoms with Crippen molar-refractivity contribution in [3.63, 3.8) is 0 Å². The summed E-state index contributed by atoms with van der Waals surface area (Å²) in [5, 5.41) is 10.4. The van der Waals surface area contributed by atoms with Gasteiger partial charge in [-0.3, -0.25) is 4.79 Å². The van der Waals surface area contributed by atoms with Crippen LogP contribution in [-0.2, 0) is 14.3 Å². The minimum absolute atomic E-state index is 0.276. The van der Waals surface area contributed by atoms with E-state index in [0.717, 1.165) is 42.5 Å². The van der Waals surface area contributed by atoms with Crippen molar-refractivity contribution in [3.05, 3.63) is 89.4 Å². The maximum absolute atomic E-state index is 13.5. The van der Waals surface area contributed by atoms with Crippen molar-refractivity contribution in [2.75, 3.05) is 27.4 Å². The summed E-state index contributed by atoms with van der Waals surface area (Å²) in [5.74, 6) is -0.611. The SMILES string of the molecule is CC.CCNC1=CC=CCC=C1/C(=C/C=C/C(CCOC)OC(C)=O)c1ccc(F)cc1.CO. The molecule has 1 aliphatic rings. The standard InChI is InChI=1S/C25H30FNO3.C2H6.CH4O/c1-4-27-25-12-7-5-6-10-24(25)23(20-13-15-21(26)16-14-20)11-8-9-22(17-18-29-3)30-19(2)28;2*1-2/h5,7-16,22,27H,4,6,17-18H2,1-3H3;1-2H3;2H,1H3/b9-8+,23-11+;;. The molecule has 2 rings (SSSR count). The van der Waals surface area contributed by atoms with Gasteiger partial charge in [-0.15, -0.1) is 0 Å². The van der Waals surface area contributed by atoms with Crippen LogP contribution in [0.5, 0.6) is 0 Å². The third kappa shape index (κ3) is 11.8. The lowest BCUT2D eigenvalue weighted by molar-refractivity contribution is -0.144. The highest BCUT2D eigenvalue weighted by atomic mass is 19.1. The Morgan fingerprint density at radius 3 is 2.50 bits per heavy atom. The summed E-state index contributed by atoms with van der Waals surface area (Å²) in [6, 6.07) is 6.46. The lowest BCUT2D eigenvalue weighted by Gasteiger charge is -2.17. The Hall–Kier alpha value is -2.96. The summed E-state index contributed by atoms with van der Waals surface area (Å²) in [6.07, 6.45) is 15.0. The lowest BCUT2D eigenvalue weighted by Crippen LogP contribution is -2.16. The molecule has 34 heavy (non-hydrogen) atoms. The summed E-state index contributed by atoms with van der Waals surface area (Å²) >= 11 is 0. The summed E-state index contributed by atoms with van der Waals surface area (Å²) in [6.45, 7) is 8.72. The van der Waals surface area contributed by atoms with Crippen LogP contribution in [0.3, 0.4) is 0 Å². The lowest BCUT2D eigenvalue weighted by atomic mass is 9.94. The average molecular weight is 474 g/mol. The first-order valence-electron chi connectivity index (χ1n) is 11.6. The van der Waals surface area contributed by atoms with E-state index in [2.05, 4.69) is 17.5 Å².